The van der Waals surface area contributed by atoms with E-state index in [1.54, 1.807) is 0 Å². The van der Waals surface area contributed by atoms with Crippen LogP contribution in [0.5, 0.6) is 0 Å². The van der Waals surface area contributed by atoms with Crippen molar-refractivity contribution in [3.05, 3.63) is 16.1 Å². The molecule has 2 heterocycles. The number of carbonyl (C=O) groups excluding carboxylic acids is 1. The van der Waals surface area contributed by atoms with E-state index in [4.69, 9.17) is 5.11 Å². The van der Waals surface area contributed by atoms with Gasteiger partial charge in [-0.2, -0.15) is 0 Å². The van der Waals surface area contributed by atoms with Gasteiger partial charge in [-0.1, -0.05) is 0 Å². The molecule has 2 rings (SSSR count). The van der Waals surface area contributed by atoms with Crippen LogP contribution in [0, 0.1) is 0 Å². The average molecular weight is 284 g/mol. The van der Waals surface area contributed by atoms with Crippen molar-refractivity contribution in [2.75, 3.05) is 6.54 Å². The molecule has 0 spiro atoms. The minimum atomic E-state index is -2.89. The maximum atomic E-state index is 13.1. The van der Waals surface area contributed by atoms with E-state index in [2.05, 4.69) is 4.98 Å². The molecule has 19 heavy (non-hydrogen) atoms. The normalized spacial score (nSPS) is 21.0. The van der Waals surface area contributed by atoms with Gasteiger partial charge in [-0.05, 0) is 6.92 Å². The molecule has 9 heteroatoms. The number of likely N-dealkylation sites (tertiary alicyclic amines) is 1. The molecule has 5 nitrogen and oxygen atoms in total. The molecule has 0 bridgehead atoms. The van der Waals surface area contributed by atoms with Gasteiger partial charge < -0.3 is 10.0 Å². The molecule has 1 aliphatic heterocycles. The van der Waals surface area contributed by atoms with E-state index in [-0.39, 0.29) is 36.0 Å². The number of alkyl halides is 2. The molecule has 1 unspecified atom stereocenters. The number of carboxylic acids is 1. The molecule has 1 aliphatic rings. The molecule has 0 radical (unpaired) electrons. The summed E-state index contributed by atoms with van der Waals surface area (Å²) < 4.78 is 26.3. The first-order valence-electron chi connectivity index (χ1n) is 5.18. The Labute approximate surface area is 123 Å². The summed E-state index contributed by atoms with van der Waals surface area (Å²) in [6.07, 6.45) is -0.380. The first kappa shape index (κ1) is 16.1. The van der Waals surface area contributed by atoms with E-state index in [1.807, 2.05) is 0 Å². The molecule has 1 aromatic heterocycles. The van der Waals surface area contributed by atoms with Gasteiger partial charge in [-0.15, -0.1) is 11.3 Å². The Kier molecular flexibility index (Phi) is 4.71. The molecule has 0 aromatic carbocycles. The van der Waals surface area contributed by atoms with E-state index in [0.29, 0.717) is 0 Å². The Morgan fingerprint density at radius 1 is 1.58 bits per heavy atom. The van der Waals surface area contributed by atoms with Crippen LogP contribution in [0.15, 0.2) is 5.38 Å². The zero-order chi connectivity index (χ0) is 13.5. The van der Waals surface area contributed by atoms with Crippen molar-refractivity contribution >= 4 is 42.1 Å². The number of hydrogen-bond donors (Lipinski definition) is 1. The van der Waals surface area contributed by atoms with Crippen molar-refractivity contribution < 1.29 is 23.5 Å². The molecule has 0 aliphatic carbocycles. The van der Waals surface area contributed by atoms with Crippen LogP contribution in [0.2, 0.25) is 0 Å². The second kappa shape index (κ2) is 5.57. The first-order valence-corrected chi connectivity index (χ1v) is 6.06. The number of hydrogen-bond acceptors (Lipinski definition) is 4. The predicted molar refractivity (Wildman–Crippen MR) is 66.3 cm³/mol. The average Bonchev–Trinajstić information content (AvgIpc) is 2.81. The van der Waals surface area contributed by atoms with E-state index in [1.165, 1.54) is 12.3 Å². The van der Waals surface area contributed by atoms with Crippen molar-refractivity contribution in [3.8, 4) is 0 Å². The number of nitrogens with zero attached hydrogens (tertiary/aromatic N) is 2. The van der Waals surface area contributed by atoms with Gasteiger partial charge in [0.1, 0.15) is 5.69 Å². The number of rotatable bonds is 2. The molecular weight excluding hydrogens is 273 g/mol. The van der Waals surface area contributed by atoms with Crippen LogP contribution in [0.1, 0.15) is 33.6 Å². The summed E-state index contributed by atoms with van der Waals surface area (Å²) >= 11 is 0.800. The van der Waals surface area contributed by atoms with Crippen molar-refractivity contribution in [1.29, 1.82) is 0 Å². The number of amides is 1. The van der Waals surface area contributed by atoms with Crippen molar-refractivity contribution in [1.82, 2.24) is 9.88 Å². The van der Waals surface area contributed by atoms with Crippen LogP contribution in [0.4, 0.5) is 8.78 Å². The summed E-state index contributed by atoms with van der Waals surface area (Å²) in [5, 5.41) is 9.73. The third-order valence-corrected chi connectivity index (χ3v) is 3.53. The SMILES string of the molecule is CC1CC(F)(F)CN1C(=O)c1csc(C(=O)O)n1.[LiH]. The molecule has 1 N–H and O–H groups in total. The fraction of sp³-hybridized carbons (Fsp3) is 0.500. The summed E-state index contributed by atoms with van der Waals surface area (Å²) in [6.45, 7) is 0.885. The van der Waals surface area contributed by atoms with Crippen LogP contribution in [-0.2, 0) is 0 Å². The van der Waals surface area contributed by atoms with Gasteiger partial charge in [-0.3, -0.25) is 4.79 Å². The Morgan fingerprint density at radius 2 is 2.21 bits per heavy atom. The first-order chi connectivity index (χ1) is 8.30. The molecule has 1 saturated heterocycles. The zero-order valence-electron chi connectivity index (χ0n) is 9.39. The van der Waals surface area contributed by atoms with E-state index < -0.39 is 30.4 Å². The van der Waals surface area contributed by atoms with Gasteiger partial charge in [0.2, 0.25) is 5.01 Å². The van der Waals surface area contributed by atoms with E-state index >= 15 is 0 Å². The Bertz CT molecular complexity index is 509. The minimum absolute atomic E-state index is 0. The summed E-state index contributed by atoms with van der Waals surface area (Å²) in [5.41, 5.74) is -0.0954. The van der Waals surface area contributed by atoms with Crippen LogP contribution >= 0.6 is 11.3 Å². The summed E-state index contributed by atoms with van der Waals surface area (Å²) in [4.78, 5) is 27.2. The standard InChI is InChI=1S/C10H10F2N2O3S.Li.H/c1-5-2-10(11,12)4-14(5)8(15)6-3-18-7(13-6)9(16)17;;/h3,5H,2,4H2,1H3,(H,16,17);;. The third-order valence-electron chi connectivity index (χ3n) is 2.69. The molecule has 1 atom stereocenters. The van der Waals surface area contributed by atoms with Gasteiger partial charge in [0.25, 0.3) is 11.8 Å². The number of carboxylic acid groups (broad SMARTS) is 1. The number of thiazole rings is 1. The topological polar surface area (TPSA) is 70.5 Å². The van der Waals surface area contributed by atoms with Gasteiger partial charge in [-0.25, -0.2) is 18.6 Å². The Morgan fingerprint density at radius 3 is 2.63 bits per heavy atom. The van der Waals surface area contributed by atoms with Crippen molar-refractivity contribution in [2.24, 2.45) is 0 Å². The Hall–Kier alpha value is -0.973. The summed E-state index contributed by atoms with van der Waals surface area (Å²) in [6, 6.07) is -0.581. The molecule has 1 fully saturated rings. The van der Waals surface area contributed by atoms with Crippen LogP contribution in [-0.4, -0.2) is 64.2 Å². The zero-order valence-corrected chi connectivity index (χ0v) is 10.2. The van der Waals surface area contributed by atoms with Gasteiger partial charge in [0.05, 0.1) is 6.54 Å². The molecule has 100 valence electrons. The molecule has 0 saturated carbocycles. The fourth-order valence-electron chi connectivity index (χ4n) is 1.90. The monoisotopic (exact) mass is 284 g/mol. The Balaban J connectivity index is 0.00000180. The van der Waals surface area contributed by atoms with Gasteiger partial charge >= 0.3 is 24.8 Å². The predicted octanol–water partition coefficient (Wildman–Crippen LogP) is 1.06. The van der Waals surface area contributed by atoms with E-state index in [0.717, 1.165) is 16.2 Å². The van der Waals surface area contributed by atoms with Crippen LogP contribution in [0.3, 0.4) is 0 Å². The number of carbonyl (C=O) groups is 2. The van der Waals surface area contributed by atoms with Crippen LogP contribution in [0.25, 0.3) is 0 Å². The van der Waals surface area contributed by atoms with Gasteiger partial charge in [0, 0.05) is 17.8 Å². The number of aromatic carboxylic acids is 1. The summed E-state index contributed by atoms with van der Waals surface area (Å²) in [7, 11) is 0. The second-order valence-corrected chi connectivity index (χ2v) is 5.04. The van der Waals surface area contributed by atoms with Crippen LogP contribution < -0.4 is 0 Å². The molecule has 1 aromatic rings. The second-order valence-electron chi connectivity index (χ2n) is 4.19. The summed E-state index contributed by atoms with van der Waals surface area (Å²) in [5.74, 6) is -4.77. The van der Waals surface area contributed by atoms with Crippen molar-refractivity contribution in [2.45, 2.75) is 25.3 Å². The quantitative estimate of drug-likeness (QED) is 0.824. The molecular formula is C10H11F2LiN2O3S. The third kappa shape index (κ3) is 3.32. The van der Waals surface area contributed by atoms with Crippen molar-refractivity contribution in [3.63, 3.8) is 0 Å². The molecule has 1 amide bonds. The number of aromatic nitrogens is 1. The maximum absolute atomic E-state index is 13.1. The van der Waals surface area contributed by atoms with Gasteiger partial charge in [0.15, 0.2) is 0 Å². The number of halogens is 2. The fourth-order valence-corrected chi connectivity index (χ4v) is 2.53. The van der Waals surface area contributed by atoms with E-state index in [9.17, 15) is 18.4 Å².